The zero-order valence-corrected chi connectivity index (χ0v) is 11.5. The Morgan fingerprint density at radius 1 is 1.61 bits per heavy atom. The molecule has 0 saturated carbocycles. The van der Waals surface area contributed by atoms with Gasteiger partial charge >= 0.3 is 6.09 Å². The molecule has 1 N–H and O–H groups in total. The molecule has 0 aliphatic carbocycles. The molecule has 1 aromatic heterocycles. The maximum absolute atomic E-state index is 13.4. The predicted octanol–water partition coefficient (Wildman–Crippen LogP) is 1.59. The SMILES string of the molecule is CCn1ncc(F)c1S(=O)NC(=O)OC(C)(C)C. The Balaban J connectivity index is 2.77. The molecule has 0 bridgehead atoms. The minimum atomic E-state index is -2.04. The number of hydrogen-bond acceptors (Lipinski definition) is 4. The molecule has 8 heteroatoms. The molecule has 1 unspecified atom stereocenters. The zero-order valence-electron chi connectivity index (χ0n) is 10.7. The van der Waals surface area contributed by atoms with Gasteiger partial charge in [-0.15, -0.1) is 0 Å². The number of amides is 1. The van der Waals surface area contributed by atoms with E-state index in [1.165, 1.54) is 4.68 Å². The lowest BCUT2D eigenvalue weighted by Crippen LogP contribution is -2.34. The molecule has 0 aromatic carbocycles. The van der Waals surface area contributed by atoms with E-state index < -0.39 is 28.5 Å². The third kappa shape index (κ3) is 3.80. The summed E-state index contributed by atoms with van der Waals surface area (Å²) in [5, 5.41) is 3.52. The monoisotopic (exact) mass is 277 g/mol. The van der Waals surface area contributed by atoms with Crippen molar-refractivity contribution in [3.8, 4) is 0 Å². The first-order valence-electron chi connectivity index (χ1n) is 5.37. The van der Waals surface area contributed by atoms with E-state index in [1.54, 1.807) is 27.7 Å². The van der Waals surface area contributed by atoms with Crippen LogP contribution >= 0.6 is 0 Å². The summed E-state index contributed by atoms with van der Waals surface area (Å²) < 4.78 is 33.4. The summed E-state index contributed by atoms with van der Waals surface area (Å²) in [6.45, 7) is 7.09. The molecule has 6 nitrogen and oxygen atoms in total. The summed E-state index contributed by atoms with van der Waals surface area (Å²) in [5.41, 5.74) is -0.710. The molecular weight excluding hydrogens is 261 g/mol. The summed E-state index contributed by atoms with van der Waals surface area (Å²) in [7, 11) is -2.04. The minimum absolute atomic E-state index is 0.177. The van der Waals surface area contributed by atoms with E-state index in [-0.39, 0.29) is 5.03 Å². The first-order valence-corrected chi connectivity index (χ1v) is 6.52. The van der Waals surface area contributed by atoms with E-state index in [1.807, 2.05) is 0 Å². The molecule has 0 aliphatic rings. The number of nitrogens with one attached hydrogen (secondary N) is 1. The summed E-state index contributed by atoms with van der Waals surface area (Å²) >= 11 is 0. The van der Waals surface area contributed by atoms with Gasteiger partial charge in [-0.1, -0.05) is 0 Å². The van der Waals surface area contributed by atoms with Crippen molar-refractivity contribution in [3.05, 3.63) is 12.0 Å². The summed E-state index contributed by atoms with van der Waals surface area (Å²) in [6.07, 6.45) is 0.0807. The predicted molar refractivity (Wildman–Crippen MR) is 63.6 cm³/mol. The van der Waals surface area contributed by atoms with E-state index >= 15 is 0 Å². The van der Waals surface area contributed by atoms with Crippen LogP contribution in [0, 0.1) is 5.82 Å². The van der Waals surface area contributed by atoms with Gasteiger partial charge in [0.1, 0.15) is 5.60 Å². The molecule has 0 aliphatic heterocycles. The van der Waals surface area contributed by atoms with E-state index in [9.17, 15) is 13.4 Å². The van der Waals surface area contributed by atoms with Crippen LogP contribution in [0.4, 0.5) is 9.18 Å². The highest BCUT2D eigenvalue weighted by Crippen LogP contribution is 2.12. The Morgan fingerprint density at radius 2 is 2.22 bits per heavy atom. The van der Waals surface area contributed by atoms with E-state index in [4.69, 9.17) is 4.74 Å². The van der Waals surface area contributed by atoms with E-state index in [0.29, 0.717) is 6.54 Å². The summed E-state index contributed by atoms with van der Waals surface area (Å²) in [6, 6.07) is 0. The maximum atomic E-state index is 13.4. The Kier molecular flexibility index (Phi) is 4.44. The van der Waals surface area contributed by atoms with Gasteiger partial charge in [-0.25, -0.2) is 18.1 Å². The minimum Gasteiger partial charge on any atom is -0.443 e. The fraction of sp³-hybridized carbons (Fsp3) is 0.600. The molecule has 102 valence electrons. The third-order valence-electron chi connectivity index (χ3n) is 1.80. The van der Waals surface area contributed by atoms with Crippen LogP contribution < -0.4 is 4.72 Å². The summed E-state index contributed by atoms with van der Waals surface area (Å²) in [5.74, 6) is -0.730. The van der Waals surface area contributed by atoms with Gasteiger partial charge in [-0.3, -0.25) is 4.68 Å². The lowest BCUT2D eigenvalue weighted by molar-refractivity contribution is 0.0572. The highest BCUT2D eigenvalue weighted by Gasteiger charge is 2.22. The fourth-order valence-corrected chi connectivity index (χ4v) is 2.07. The van der Waals surface area contributed by atoms with Crippen LogP contribution in [0.5, 0.6) is 0 Å². The first-order chi connectivity index (χ1) is 8.24. The highest BCUT2D eigenvalue weighted by atomic mass is 32.2. The number of nitrogens with zero attached hydrogens (tertiary/aromatic N) is 2. The van der Waals surface area contributed by atoms with Crippen molar-refractivity contribution in [3.63, 3.8) is 0 Å². The lowest BCUT2D eigenvalue weighted by atomic mass is 10.2. The van der Waals surface area contributed by atoms with Crippen molar-refractivity contribution in [2.24, 2.45) is 0 Å². The van der Waals surface area contributed by atoms with Crippen molar-refractivity contribution in [1.82, 2.24) is 14.5 Å². The molecule has 1 atom stereocenters. The molecule has 1 aromatic rings. The van der Waals surface area contributed by atoms with Crippen LogP contribution in [-0.4, -0.2) is 25.7 Å². The molecule has 0 spiro atoms. The zero-order chi connectivity index (χ0) is 13.9. The van der Waals surface area contributed by atoms with Crippen molar-refractivity contribution in [2.75, 3.05) is 0 Å². The van der Waals surface area contributed by atoms with Crippen LogP contribution in [0.1, 0.15) is 27.7 Å². The van der Waals surface area contributed by atoms with E-state index in [2.05, 4.69) is 9.82 Å². The topological polar surface area (TPSA) is 73.2 Å². The molecule has 0 saturated heterocycles. The largest absolute Gasteiger partial charge is 0.443 e. The van der Waals surface area contributed by atoms with Crippen LogP contribution in [0.15, 0.2) is 11.2 Å². The number of halogens is 1. The molecule has 1 rings (SSSR count). The molecule has 1 heterocycles. The van der Waals surface area contributed by atoms with Crippen molar-refractivity contribution in [1.29, 1.82) is 0 Å². The van der Waals surface area contributed by atoms with Gasteiger partial charge in [0, 0.05) is 6.54 Å². The highest BCUT2D eigenvalue weighted by molar-refractivity contribution is 7.83. The number of ether oxygens (including phenoxy) is 1. The second kappa shape index (κ2) is 5.47. The van der Waals surface area contributed by atoms with Gasteiger partial charge < -0.3 is 4.74 Å². The fourth-order valence-electron chi connectivity index (χ4n) is 1.18. The van der Waals surface area contributed by atoms with Gasteiger partial charge in [-0.2, -0.15) is 5.10 Å². The second-order valence-corrected chi connectivity index (χ2v) is 5.61. The normalized spacial score (nSPS) is 13.2. The Labute approximate surface area is 107 Å². The van der Waals surface area contributed by atoms with Gasteiger partial charge in [-0.05, 0) is 27.7 Å². The molecule has 0 fully saturated rings. The Bertz CT molecular complexity index is 467. The van der Waals surface area contributed by atoms with Gasteiger partial charge in [0.2, 0.25) is 0 Å². The smallest absolute Gasteiger partial charge is 0.419 e. The Hall–Kier alpha value is -1.44. The lowest BCUT2D eigenvalue weighted by Gasteiger charge is -2.19. The number of hydrogen-bond donors (Lipinski definition) is 1. The maximum Gasteiger partial charge on any atom is 0.419 e. The summed E-state index contributed by atoms with van der Waals surface area (Å²) in [4.78, 5) is 11.4. The quantitative estimate of drug-likeness (QED) is 0.910. The molecule has 0 radical (unpaired) electrons. The molecular formula is C10H16FN3O3S. The van der Waals surface area contributed by atoms with Gasteiger partial charge in [0.05, 0.1) is 6.20 Å². The van der Waals surface area contributed by atoms with Crippen LogP contribution in [0.2, 0.25) is 0 Å². The number of rotatable bonds is 3. The van der Waals surface area contributed by atoms with Gasteiger partial charge in [0.15, 0.2) is 21.8 Å². The number of carbonyl (C=O) groups is 1. The van der Waals surface area contributed by atoms with Crippen LogP contribution in [-0.2, 0) is 22.3 Å². The standard InChI is InChI=1S/C10H16FN3O3S/c1-5-14-8(7(11)6-12-14)18(16)13-9(15)17-10(2,3)4/h6H,5H2,1-4H3,(H,13,15). The Morgan fingerprint density at radius 3 is 2.72 bits per heavy atom. The van der Waals surface area contributed by atoms with Crippen LogP contribution in [0.25, 0.3) is 0 Å². The number of aromatic nitrogens is 2. The van der Waals surface area contributed by atoms with Crippen molar-refractivity contribution < 1.29 is 18.1 Å². The third-order valence-corrected chi connectivity index (χ3v) is 2.91. The number of aryl methyl sites for hydroxylation is 1. The molecule has 18 heavy (non-hydrogen) atoms. The second-order valence-electron chi connectivity index (χ2n) is 4.49. The number of carbonyl (C=O) groups excluding carboxylic acids is 1. The first kappa shape index (κ1) is 14.6. The molecule has 1 amide bonds. The van der Waals surface area contributed by atoms with E-state index in [0.717, 1.165) is 6.20 Å². The van der Waals surface area contributed by atoms with Crippen LogP contribution in [0.3, 0.4) is 0 Å². The van der Waals surface area contributed by atoms with Crippen molar-refractivity contribution in [2.45, 2.75) is 44.9 Å². The van der Waals surface area contributed by atoms with Crippen molar-refractivity contribution >= 4 is 17.1 Å². The average Bonchev–Trinajstić information content (AvgIpc) is 2.56. The average molecular weight is 277 g/mol. The van der Waals surface area contributed by atoms with Gasteiger partial charge in [0.25, 0.3) is 0 Å².